The molecule has 5 aliphatic rings. The van der Waals surface area contributed by atoms with Crippen LogP contribution in [-0.2, 0) is 16.0 Å². The van der Waals surface area contributed by atoms with Crippen LogP contribution in [0.15, 0.2) is 76.9 Å². The molecule has 5 fully saturated rings. The molecule has 3 aromatic carbocycles. The fourth-order valence-electron chi connectivity index (χ4n) is 13.0. The van der Waals surface area contributed by atoms with Crippen LogP contribution in [0.4, 0.5) is 16.0 Å². The summed E-state index contributed by atoms with van der Waals surface area (Å²) in [6.45, 7) is 15.7. The number of anilines is 2. The third-order valence-electron chi connectivity index (χ3n) is 17.1. The number of amides is 2. The predicted molar refractivity (Wildman–Crippen MR) is 298 cm³/mol. The van der Waals surface area contributed by atoms with Gasteiger partial charge in [0, 0.05) is 82.1 Å². The lowest BCUT2D eigenvalue weighted by atomic mass is 9.89. The van der Waals surface area contributed by atoms with Crippen LogP contribution in [0.2, 0.25) is 0 Å². The lowest BCUT2D eigenvalue weighted by Gasteiger charge is -2.34. The van der Waals surface area contributed by atoms with E-state index in [1.165, 1.54) is 4.90 Å². The zero-order valence-electron chi connectivity index (χ0n) is 44.9. The number of nitrogens with zero attached hydrogens (tertiary/aromatic N) is 9. The standard InChI is InChI=1S/C59H68FN11O6S/c1-6-35-8-7-9-38-20-43(72)21-45(51(35)38)53-52(60)54-46(24-61-53)56(70-28-41-14-15-42(29-70)64-41)66-59(65-54)76-19-18-68-17-16-39-26-69(27-40(39)25-68)49-23-48(77-67-49)50(32(2)3)58(75)71-30-44(73)22-47(71)57(74)63-33(4)36-10-12-37(13-11-36)55-34(5)62-31-78-55/h7-13,20-21,23-24,31-33,39-42,44,47,50,64,72-73H,6,14-19,22,25-30H2,1-5H3,(H,63,74)/t33-,39-,40+,41?,42?,44+,47-,50-/m0/s1. The monoisotopic (exact) mass is 1080 g/mol. The number of rotatable bonds is 15. The highest BCUT2D eigenvalue weighted by molar-refractivity contribution is 7.13. The van der Waals surface area contributed by atoms with Gasteiger partial charge >= 0.3 is 6.01 Å². The maximum absolute atomic E-state index is 17.2. The molecule has 12 rings (SSSR count). The lowest BCUT2D eigenvalue weighted by Crippen LogP contribution is -2.51. The van der Waals surface area contributed by atoms with Gasteiger partial charge < -0.3 is 44.8 Å². The number of β-amino-alcohol motifs (C(OH)–C–C–N with tert-alkyl or cyclic N) is 1. The molecule has 4 aromatic heterocycles. The number of aliphatic hydroxyl groups is 1. The number of carbonyl (C=O) groups is 2. The quantitative estimate of drug-likeness (QED) is 0.0769. The minimum Gasteiger partial charge on any atom is -0.508 e. The number of benzene rings is 3. The number of halogens is 1. The summed E-state index contributed by atoms with van der Waals surface area (Å²) in [5.74, 6) is 0.548. The van der Waals surface area contributed by atoms with E-state index < -0.39 is 23.9 Å². The molecule has 2 bridgehead atoms. The van der Waals surface area contributed by atoms with Gasteiger partial charge in [-0.15, -0.1) is 11.3 Å². The summed E-state index contributed by atoms with van der Waals surface area (Å²) in [5, 5.41) is 35.2. The van der Waals surface area contributed by atoms with E-state index in [2.05, 4.69) is 42.4 Å². The summed E-state index contributed by atoms with van der Waals surface area (Å²) in [7, 11) is 0. The van der Waals surface area contributed by atoms with E-state index >= 15 is 4.39 Å². The highest BCUT2D eigenvalue weighted by Crippen LogP contribution is 2.41. The number of carbonyl (C=O) groups excluding carboxylic acids is 2. The van der Waals surface area contributed by atoms with Crippen molar-refractivity contribution in [3.63, 3.8) is 0 Å². The molecule has 0 radical (unpaired) electrons. The van der Waals surface area contributed by atoms with Gasteiger partial charge in [-0.3, -0.25) is 19.5 Å². The largest absolute Gasteiger partial charge is 0.508 e. The van der Waals surface area contributed by atoms with Crippen molar-refractivity contribution < 1.29 is 33.5 Å². The Hall–Kier alpha value is -6.80. The molecule has 2 unspecified atom stereocenters. The Morgan fingerprint density at radius 1 is 0.949 bits per heavy atom. The van der Waals surface area contributed by atoms with Gasteiger partial charge in [0.2, 0.25) is 11.8 Å². The number of aryl methyl sites for hydroxylation is 2. The average Bonchev–Trinajstić information content (AvgIpc) is 4.42. The highest BCUT2D eigenvalue weighted by Gasteiger charge is 2.45. The third-order valence-corrected chi connectivity index (χ3v) is 18.1. The van der Waals surface area contributed by atoms with Crippen LogP contribution in [-0.4, -0.2) is 140 Å². The van der Waals surface area contributed by atoms with E-state index in [0.717, 1.165) is 103 Å². The summed E-state index contributed by atoms with van der Waals surface area (Å²) >= 11 is 1.59. The van der Waals surface area contributed by atoms with Crippen LogP contribution in [0.25, 0.3) is 43.4 Å². The third kappa shape index (κ3) is 10.0. The second-order valence-corrected chi connectivity index (χ2v) is 23.5. The van der Waals surface area contributed by atoms with E-state index in [9.17, 15) is 19.8 Å². The number of piperidine rings is 1. The van der Waals surface area contributed by atoms with Crippen LogP contribution in [0.3, 0.4) is 0 Å². The Balaban J connectivity index is 0.701. The average molecular weight is 1080 g/mol. The molecule has 78 heavy (non-hydrogen) atoms. The molecule has 7 aromatic rings. The lowest BCUT2D eigenvalue weighted by molar-refractivity contribution is -0.141. The summed E-state index contributed by atoms with van der Waals surface area (Å²) < 4.78 is 29.6. The molecule has 9 heterocycles. The molecule has 0 saturated carbocycles. The number of piperazine rings is 1. The summed E-state index contributed by atoms with van der Waals surface area (Å²) in [6, 6.07) is 18.7. The van der Waals surface area contributed by atoms with Crippen molar-refractivity contribution in [3.05, 3.63) is 101 Å². The Labute approximate surface area is 457 Å². The van der Waals surface area contributed by atoms with Crippen molar-refractivity contribution >= 4 is 56.5 Å². The fourth-order valence-corrected chi connectivity index (χ4v) is 13.9. The molecule has 17 nitrogen and oxygen atoms in total. The Bertz CT molecular complexity index is 3360. The van der Waals surface area contributed by atoms with Gasteiger partial charge in [-0.1, -0.05) is 68.4 Å². The number of phenolic OH excluding ortho intramolecular Hbond substituents is 1. The maximum atomic E-state index is 17.2. The van der Waals surface area contributed by atoms with Gasteiger partial charge in [-0.05, 0) is 103 Å². The molecular formula is C59H68FN11O6S. The number of aromatic nitrogens is 5. The number of ether oxygens (including phenoxy) is 1. The smallest absolute Gasteiger partial charge is 0.319 e. The normalized spacial score (nSPS) is 23.2. The summed E-state index contributed by atoms with van der Waals surface area (Å²) in [6.07, 6.45) is 4.85. The van der Waals surface area contributed by atoms with E-state index in [-0.39, 0.29) is 59.7 Å². The number of pyridine rings is 1. The van der Waals surface area contributed by atoms with Gasteiger partial charge in [0.05, 0.1) is 33.6 Å². The number of likely N-dealkylation sites (tertiary alicyclic amines) is 2. The Morgan fingerprint density at radius 3 is 2.50 bits per heavy atom. The van der Waals surface area contributed by atoms with Crippen LogP contribution >= 0.6 is 11.3 Å². The second-order valence-electron chi connectivity index (χ2n) is 22.6. The first-order valence-corrected chi connectivity index (χ1v) is 28.6. The Kier molecular flexibility index (Phi) is 14.3. The molecule has 408 valence electrons. The number of fused-ring (bicyclic) bond motifs is 5. The minimum atomic E-state index is -0.834. The number of aromatic hydroxyl groups is 1. The first-order valence-electron chi connectivity index (χ1n) is 27.7. The van der Waals surface area contributed by atoms with Crippen molar-refractivity contribution in [2.75, 3.05) is 68.8 Å². The van der Waals surface area contributed by atoms with Crippen LogP contribution in [0, 0.1) is 30.5 Å². The van der Waals surface area contributed by atoms with E-state index in [0.29, 0.717) is 65.4 Å². The molecule has 2 amide bonds. The number of hydrogen-bond acceptors (Lipinski definition) is 16. The van der Waals surface area contributed by atoms with Crippen LogP contribution in [0.5, 0.6) is 11.8 Å². The molecule has 19 heteroatoms. The highest BCUT2D eigenvalue weighted by atomic mass is 32.1. The van der Waals surface area contributed by atoms with E-state index in [1.807, 2.05) is 81.7 Å². The van der Waals surface area contributed by atoms with Crippen molar-refractivity contribution in [2.45, 2.75) is 103 Å². The van der Waals surface area contributed by atoms with Gasteiger partial charge in [0.1, 0.15) is 41.3 Å². The fraction of sp³-hybridized carbons (Fsp3) is 0.475. The number of aliphatic hydroxyl groups excluding tert-OH is 1. The number of thiazole rings is 1. The minimum absolute atomic E-state index is 0.0340. The molecular weight excluding hydrogens is 1010 g/mol. The second kappa shape index (κ2) is 21.4. The summed E-state index contributed by atoms with van der Waals surface area (Å²) in [5.41, 5.74) is 6.61. The topological polar surface area (TPSA) is 198 Å². The zero-order chi connectivity index (χ0) is 53.9. The SMILES string of the molecule is CCc1cccc2cc(O)cc(-c3ncc4c(N5CC6CCC(C5)N6)nc(OCCN5CC[C@H]6CN(c7cc([C@@H](C(=O)N8C[C@H](O)C[C@H]8C(=O)N[C@@H](C)c8ccc(-c9scnc9C)cc8)C(C)C)on7)C[C@H]6C5)nc4c3F)c12. The number of nitrogens with one attached hydrogen (secondary N) is 2. The molecule has 0 aliphatic carbocycles. The predicted octanol–water partition coefficient (Wildman–Crippen LogP) is 8.03. The molecule has 8 atom stereocenters. The zero-order valence-corrected chi connectivity index (χ0v) is 45.7. The molecule has 5 aliphatic heterocycles. The van der Waals surface area contributed by atoms with Gasteiger partial charge in [-0.25, -0.2) is 9.37 Å². The first-order chi connectivity index (χ1) is 37.8. The van der Waals surface area contributed by atoms with Crippen LogP contribution in [0.1, 0.15) is 87.9 Å². The Morgan fingerprint density at radius 2 is 1.74 bits per heavy atom. The van der Waals surface area contributed by atoms with Crippen molar-refractivity contribution in [2.24, 2.45) is 17.8 Å². The maximum Gasteiger partial charge on any atom is 0.319 e. The molecule has 0 spiro atoms. The molecule has 4 N–H and O–H groups in total. The van der Waals surface area contributed by atoms with E-state index in [4.69, 9.17) is 24.2 Å². The van der Waals surface area contributed by atoms with Gasteiger partial charge in [0.15, 0.2) is 17.4 Å². The van der Waals surface area contributed by atoms with Gasteiger partial charge in [-0.2, -0.15) is 9.97 Å². The van der Waals surface area contributed by atoms with Crippen molar-refractivity contribution in [1.82, 2.24) is 45.5 Å². The summed E-state index contributed by atoms with van der Waals surface area (Å²) in [4.78, 5) is 56.7. The van der Waals surface area contributed by atoms with E-state index in [1.54, 1.807) is 29.7 Å². The van der Waals surface area contributed by atoms with Crippen LogP contribution < -0.4 is 25.2 Å². The first kappa shape index (κ1) is 51.9. The van der Waals surface area contributed by atoms with Gasteiger partial charge in [0.25, 0.3) is 0 Å². The number of hydrogen-bond donors (Lipinski definition) is 4. The number of phenols is 1. The molecule has 5 saturated heterocycles. The van der Waals surface area contributed by atoms with Crippen molar-refractivity contribution in [1.29, 1.82) is 0 Å². The van der Waals surface area contributed by atoms with Crippen molar-refractivity contribution in [3.8, 4) is 33.5 Å².